The molecule has 0 unspecified atom stereocenters. The van der Waals surface area contributed by atoms with Crippen LogP contribution in [0.15, 0.2) is 71.3 Å². The van der Waals surface area contributed by atoms with Crippen molar-refractivity contribution in [3.8, 4) is 11.5 Å². The summed E-state index contributed by atoms with van der Waals surface area (Å²) in [5.41, 5.74) is 0.752. The zero-order chi connectivity index (χ0) is 19.8. The first-order chi connectivity index (χ1) is 13.7. The number of carbonyl (C=O) groups is 2. The van der Waals surface area contributed by atoms with Crippen LogP contribution in [0.3, 0.4) is 0 Å². The molecule has 3 aromatic rings. The molecule has 2 aromatic carbocycles. The Balaban J connectivity index is 1.58. The third-order valence-corrected chi connectivity index (χ3v) is 3.86. The lowest BCUT2D eigenvalue weighted by atomic mass is 10.1. The zero-order valence-corrected chi connectivity index (χ0v) is 15.3. The standard InChI is InChI=1S/C21H20N2O5/c1-26-15-6-4-7-16(12-15)28-14-20(24)23-19-10-3-2-9-18(19)21(25)22-13-17-8-5-11-27-17/h2-12H,13-14H2,1H3,(H,22,25)(H,23,24). The summed E-state index contributed by atoms with van der Waals surface area (Å²) >= 11 is 0. The molecule has 28 heavy (non-hydrogen) atoms. The van der Waals surface area contributed by atoms with Gasteiger partial charge >= 0.3 is 0 Å². The molecule has 0 aliphatic rings. The number of methoxy groups -OCH3 is 1. The number of ether oxygens (including phenoxy) is 2. The smallest absolute Gasteiger partial charge is 0.262 e. The Hall–Kier alpha value is -3.74. The molecule has 7 heteroatoms. The first-order valence-electron chi connectivity index (χ1n) is 8.62. The minimum absolute atomic E-state index is 0.199. The molecule has 7 nitrogen and oxygen atoms in total. The Bertz CT molecular complexity index is 937. The number of para-hydroxylation sites is 1. The number of hydrogen-bond acceptors (Lipinski definition) is 5. The van der Waals surface area contributed by atoms with E-state index in [0.717, 1.165) is 0 Å². The molecule has 0 saturated heterocycles. The zero-order valence-electron chi connectivity index (χ0n) is 15.3. The lowest BCUT2D eigenvalue weighted by Gasteiger charge is -2.12. The van der Waals surface area contributed by atoms with Crippen LogP contribution in [0.2, 0.25) is 0 Å². The van der Waals surface area contributed by atoms with Gasteiger partial charge in [0, 0.05) is 6.07 Å². The van der Waals surface area contributed by atoms with E-state index in [1.807, 2.05) is 0 Å². The monoisotopic (exact) mass is 380 g/mol. The van der Waals surface area contributed by atoms with Crippen molar-refractivity contribution in [3.63, 3.8) is 0 Å². The summed E-state index contributed by atoms with van der Waals surface area (Å²) in [6.45, 7) is 0.0581. The molecule has 144 valence electrons. The lowest BCUT2D eigenvalue weighted by Crippen LogP contribution is -2.26. The second-order valence-electron chi connectivity index (χ2n) is 5.82. The first-order valence-corrected chi connectivity index (χ1v) is 8.62. The molecule has 0 atom stereocenters. The number of furan rings is 1. The molecule has 0 fully saturated rings. The Kier molecular flexibility index (Phi) is 6.30. The number of carbonyl (C=O) groups excluding carboxylic acids is 2. The molecule has 2 N–H and O–H groups in total. The van der Waals surface area contributed by atoms with Crippen molar-refractivity contribution in [3.05, 3.63) is 78.3 Å². The SMILES string of the molecule is COc1cccc(OCC(=O)Nc2ccccc2C(=O)NCc2ccco2)c1. The van der Waals surface area contributed by atoms with Crippen LogP contribution in [-0.4, -0.2) is 25.5 Å². The highest BCUT2D eigenvalue weighted by Crippen LogP contribution is 2.19. The van der Waals surface area contributed by atoms with Gasteiger partial charge < -0.3 is 24.5 Å². The number of hydrogen-bond donors (Lipinski definition) is 2. The second-order valence-corrected chi connectivity index (χ2v) is 5.82. The van der Waals surface area contributed by atoms with E-state index in [-0.39, 0.29) is 25.0 Å². The Morgan fingerprint density at radius 1 is 1.00 bits per heavy atom. The summed E-state index contributed by atoms with van der Waals surface area (Å²) in [6.07, 6.45) is 1.54. The number of nitrogens with one attached hydrogen (secondary N) is 2. The molecule has 0 saturated carbocycles. The maximum absolute atomic E-state index is 12.4. The van der Waals surface area contributed by atoms with Crippen LogP contribution in [-0.2, 0) is 11.3 Å². The van der Waals surface area contributed by atoms with Gasteiger partial charge in [0.15, 0.2) is 6.61 Å². The van der Waals surface area contributed by atoms with Crippen LogP contribution in [0, 0.1) is 0 Å². The molecule has 0 aliphatic heterocycles. The van der Waals surface area contributed by atoms with E-state index in [2.05, 4.69) is 10.6 Å². The molecular weight excluding hydrogens is 360 g/mol. The van der Waals surface area contributed by atoms with Crippen molar-refractivity contribution in [1.29, 1.82) is 0 Å². The predicted molar refractivity (Wildman–Crippen MR) is 103 cm³/mol. The highest BCUT2D eigenvalue weighted by molar-refractivity contribution is 6.03. The van der Waals surface area contributed by atoms with Crippen molar-refractivity contribution in [2.45, 2.75) is 6.54 Å². The maximum atomic E-state index is 12.4. The highest BCUT2D eigenvalue weighted by atomic mass is 16.5. The molecule has 0 radical (unpaired) electrons. The molecule has 0 spiro atoms. The quantitative estimate of drug-likeness (QED) is 0.626. The van der Waals surface area contributed by atoms with Crippen LogP contribution in [0.1, 0.15) is 16.1 Å². The Morgan fingerprint density at radius 2 is 1.82 bits per heavy atom. The van der Waals surface area contributed by atoms with Crippen molar-refractivity contribution in [1.82, 2.24) is 5.32 Å². The van der Waals surface area contributed by atoms with Gasteiger partial charge in [0.25, 0.3) is 11.8 Å². The van der Waals surface area contributed by atoms with Crippen molar-refractivity contribution in [2.24, 2.45) is 0 Å². The van der Waals surface area contributed by atoms with E-state index in [4.69, 9.17) is 13.9 Å². The fraction of sp³-hybridized carbons (Fsp3) is 0.143. The maximum Gasteiger partial charge on any atom is 0.262 e. The third-order valence-electron chi connectivity index (χ3n) is 3.86. The number of amides is 2. The average Bonchev–Trinajstić information content (AvgIpc) is 3.25. The number of rotatable bonds is 8. The van der Waals surface area contributed by atoms with Gasteiger partial charge in [0.05, 0.1) is 31.2 Å². The fourth-order valence-electron chi connectivity index (χ4n) is 2.49. The summed E-state index contributed by atoms with van der Waals surface area (Å²) in [6, 6.07) is 17.2. The van der Waals surface area contributed by atoms with E-state index >= 15 is 0 Å². The van der Waals surface area contributed by atoms with Crippen LogP contribution < -0.4 is 20.1 Å². The first kappa shape index (κ1) is 19.0. The van der Waals surface area contributed by atoms with Gasteiger partial charge in [0.2, 0.25) is 0 Å². The molecule has 3 rings (SSSR count). The summed E-state index contributed by atoms with van der Waals surface area (Å²) in [5.74, 6) is 1.09. The normalized spacial score (nSPS) is 10.2. The van der Waals surface area contributed by atoms with Crippen LogP contribution in [0.25, 0.3) is 0 Å². The summed E-state index contributed by atoms with van der Waals surface area (Å²) in [5, 5.41) is 5.46. The summed E-state index contributed by atoms with van der Waals surface area (Å²) in [7, 11) is 1.56. The average molecular weight is 380 g/mol. The van der Waals surface area contributed by atoms with E-state index in [1.165, 1.54) is 6.26 Å². The molecular formula is C21H20N2O5. The minimum atomic E-state index is -0.380. The van der Waals surface area contributed by atoms with E-state index in [0.29, 0.717) is 28.5 Å². The molecule has 0 bridgehead atoms. The largest absolute Gasteiger partial charge is 0.497 e. The van der Waals surface area contributed by atoms with Crippen molar-refractivity contribution < 1.29 is 23.5 Å². The lowest BCUT2D eigenvalue weighted by molar-refractivity contribution is -0.118. The van der Waals surface area contributed by atoms with E-state index in [9.17, 15) is 9.59 Å². The van der Waals surface area contributed by atoms with Gasteiger partial charge in [-0.2, -0.15) is 0 Å². The third kappa shape index (κ3) is 5.14. The predicted octanol–water partition coefficient (Wildman–Crippen LogP) is 3.24. The Morgan fingerprint density at radius 3 is 2.61 bits per heavy atom. The molecule has 2 amide bonds. The molecule has 1 heterocycles. The van der Waals surface area contributed by atoms with Gasteiger partial charge in [-0.15, -0.1) is 0 Å². The van der Waals surface area contributed by atoms with Crippen LogP contribution >= 0.6 is 0 Å². The van der Waals surface area contributed by atoms with Gasteiger partial charge in [-0.3, -0.25) is 9.59 Å². The van der Waals surface area contributed by atoms with E-state index in [1.54, 1.807) is 67.8 Å². The minimum Gasteiger partial charge on any atom is -0.497 e. The Labute approximate surface area is 162 Å². The highest BCUT2D eigenvalue weighted by Gasteiger charge is 2.14. The van der Waals surface area contributed by atoms with E-state index < -0.39 is 0 Å². The number of benzene rings is 2. The van der Waals surface area contributed by atoms with Crippen LogP contribution in [0.5, 0.6) is 11.5 Å². The fourth-order valence-corrected chi connectivity index (χ4v) is 2.49. The van der Waals surface area contributed by atoms with Gasteiger partial charge in [-0.05, 0) is 36.4 Å². The van der Waals surface area contributed by atoms with Crippen molar-refractivity contribution in [2.75, 3.05) is 19.0 Å². The summed E-state index contributed by atoms with van der Waals surface area (Å²) in [4.78, 5) is 24.7. The van der Waals surface area contributed by atoms with Gasteiger partial charge in [-0.1, -0.05) is 18.2 Å². The van der Waals surface area contributed by atoms with Crippen LogP contribution in [0.4, 0.5) is 5.69 Å². The summed E-state index contributed by atoms with van der Waals surface area (Å²) < 4.78 is 15.8. The molecule has 1 aromatic heterocycles. The van der Waals surface area contributed by atoms with Gasteiger partial charge in [0.1, 0.15) is 17.3 Å². The van der Waals surface area contributed by atoms with Gasteiger partial charge in [-0.25, -0.2) is 0 Å². The van der Waals surface area contributed by atoms with Crippen molar-refractivity contribution >= 4 is 17.5 Å². The second kappa shape index (κ2) is 9.27. The topological polar surface area (TPSA) is 89.8 Å². The number of anilines is 1. The molecule has 0 aliphatic carbocycles.